The Labute approximate surface area is 107 Å². The number of nitrogens with two attached hydrogens (primary N) is 1. The largest absolute Gasteiger partial charge is 0.409 e. The molecule has 18 heavy (non-hydrogen) atoms. The molecule has 1 aliphatic heterocycles. The summed E-state index contributed by atoms with van der Waals surface area (Å²) in [6.45, 7) is 7.21. The predicted molar refractivity (Wildman–Crippen MR) is 69.9 cm³/mol. The van der Waals surface area contributed by atoms with Crippen LogP contribution in [0.25, 0.3) is 0 Å². The van der Waals surface area contributed by atoms with Gasteiger partial charge in [-0.2, -0.15) is 0 Å². The van der Waals surface area contributed by atoms with Crippen LogP contribution in [0.4, 0.5) is 5.95 Å². The molecule has 1 aromatic rings. The van der Waals surface area contributed by atoms with E-state index in [2.05, 4.69) is 33.9 Å². The van der Waals surface area contributed by atoms with Gasteiger partial charge < -0.3 is 15.8 Å². The predicted octanol–water partition coefficient (Wildman–Crippen LogP) is 1.11. The number of oxime groups is 1. The summed E-state index contributed by atoms with van der Waals surface area (Å²) in [5.41, 5.74) is 6.86. The van der Waals surface area contributed by atoms with E-state index in [-0.39, 0.29) is 5.84 Å². The fourth-order valence-electron chi connectivity index (χ4n) is 2.44. The Morgan fingerprint density at radius 3 is 2.78 bits per heavy atom. The van der Waals surface area contributed by atoms with Crippen LogP contribution in [0.1, 0.15) is 31.7 Å². The first-order chi connectivity index (χ1) is 8.51. The number of amidine groups is 1. The second kappa shape index (κ2) is 4.80. The molecule has 6 nitrogen and oxygen atoms in total. The van der Waals surface area contributed by atoms with Crippen molar-refractivity contribution < 1.29 is 5.21 Å². The van der Waals surface area contributed by atoms with Gasteiger partial charge in [-0.15, -0.1) is 0 Å². The zero-order valence-corrected chi connectivity index (χ0v) is 11.0. The van der Waals surface area contributed by atoms with Crippen LogP contribution in [0.3, 0.4) is 0 Å². The quantitative estimate of drug-likeness (QED) is 0.355. The summed E-state index contributed by atoms with van der Waals surface area (Å²) in [5.74, 6) is 1.31. The van der Waals surface area contributed by atoms with Gasteiger partial charge in [0.2, 0.25) is 5.95 Å². The molecule has 0 amide bonds. The first-order valence-electron chi connectivity index (χ1n) is 6.11. The lowest BCUT2D eigenvalue weighted by molar-refractivity contribution is 0.318. The first-order valence-corrected chi connectivity index (χ1v) is 6.11. The normalized spacial score (nSPS) is 24.6. The van der Waals surface area contributed by atoms with Crippen LogP contribution in [-0.2, 0) is 0 Å². The molecule has 3 N–H and O–H groups in total. The molecule has 0 saturated carbocycles. The molecule has 1 aliphatic rings. The fourth-order valence-corrected chi connectivity index (χ4v) is 2.44. The van der Waals surface area contributed by atoms with Gasteiger partial charge in [-0.3, -0.25) is 0 Å². The van der Waals surface area contributed by atoms with E-state index in [4.69, 9.17) is 10.9 Å². The lowest BCUT2D eigenvalue weighted by atomic mass is 10.1. The van der Waals surface area contributed by atoms with E-state index in [1.165, 1.54) is 0 Å². The molecule has 2 heterocycles. The van der Waals surface area contributed by atoms with Crippen molar-refractivity contribution in [1.29, 1.82) is 0 Å². The minimum Gasteiger partial charge on any atom is -0.409 e. The molecular formula is C12H19N5O. The maximum Gasteiger partial charge on any atom is 0.226 e. The van der Waals surface area contributed by atoms with Gasteiger partial charge in [-0.05, 0) is 32.3 Å². The molecule has 2 unspecified atom stereocenters. The van der Waals surface area contributed by atoms with Crippen LogP contribution >= 0.6 is 0 Å². The number of aromatic nitrogens is 2. The Morgan fingerprint density at radius 2 is 2.22 bits per heavy atom. The summed E-state index contributed by atoms with van der Waals surface area (Å²) in [5, 5.41) is 11.7. The van der Waals surface area contributed by atoms with Crippen molar-refractivity contribution in [2.45, 2.75) is 33.2 Å². The van der Waals surface area contributed by atoms with E-state index in [1.54, 1.807) is 6.07 Å². The van der Waals surface area contributed by atoms with Crippen LogP contribution in [0.2, 0.25) is 0 Å². The Hall–Kier alpha value is -1.85. The van der Waals surface area contributed by atoms with Gasteiger partial charge in [-0.1, -0.05) is 12.1 Å². The number of nitrogens with zero attached hydrogens (tertiary/aromatic N) is 4. The lowest BCUT2D eigenvalue weighted by Crippen LogP contribution is -2.30. The SMILES string of the molecule is Cc1cc(/C(N)=N/O)nc(N2CC(C)CC2C)n1. The number of rotatable bonds is 2. The third-order valence-corrected chi connectivity index (χ3v) is 3.25. The zero-order valence-electron chi connectivity index (χ0n) is 11.0. The maximum atomic E-state index is 8.72. The average Bonchev–Trinajstić information content (AvgIpc) is 2.66. The molecule has 0 radical (unpaired) electrons. The van der Waals surface area contributed by atoms with Gasteiger partial charge in [0.25, 0.3) is 0 Å². The van der Waals surface area contributed by atoms with Gasteiger partial charge in [0.15, 0.2) is 5.84 Å². The molecule has 1 aromatic heterocycles. The Morgan fingerprint density at radius 1 is 1.50 bits per heavy atom. The monoisotopic (exact) mass is 249 g/mol. The summed E-state index contributed by atoms with van der Waals surface area (Å²) >= 11 is 0. The van der Waals surface area contributed by atoms with E-state index in [1.807, 2.05) is 6.92 Å². The van der Waals surface area contributed by atoms with Crippen molar-refractivity contribution in [2.24, 2.45) is 16.8 Å². The summed E-state index contributed by atoms with van der Waals surface area (Å²) in [6.07, 6.45) is 1.14. The molecule has 0 spiro atoms. The Balaban J connectivity index is 2.36. The van der Waals surface area contributed by atoms with E-state index in [0.29, 0.717) is 23.6 Å². The van der Waals surface area contributed by atoms with Gasteiger partial charge in [-0.25, -0.2) is 9.97 Å². The van der Waals surface area contributed by atoms with Crippen molar-refractivity contribution >= 4 is 11.8 Å². The Kier molecular flexibility index (Phi) is 3.36. The number of anilines is 1. The fraction of sp³-hybridized carbons (Fsp3) is 0.583. The number of hydrogen-bond acceptors (Lipinski definition) is 5. The van der Waals surface area contributed by atoms with Crippen molar-refractivity contribution in [2.75, 3.05) is 11.4 Å². The minimum atomic E-state index is 0.0154. The first kappa shape index (κ1) is 12.6. The highest BCUT2D eigenvalue weighted by Gasteiger charge is 2.28. The van der Waals surface area contributed by atoms with Crippen molar-refractivity contribution in [3.8, 4) is 0 Å². The highest BCUT2D eigenvalue weighted by molar-refractivity contribution is 5.95. The molecule has 6 heteroatoms. The molecule has 0 aliphatic carbocycles. The minimum absolute atomic E-state index is 0.0154. The summed E-state index contributed by atoms with van der Waals surface area (Å²) < 4.78 is 0. The van der Waals surface area contributed by atoms with Gasteiger partial charge >= 0.3 is 0 Å². The number of aryl methyl sites for hydroxylation is 1. The van der Waals surface area contributed by atoms with Crippen molar-refractivity contribution in [1.82, 2.24) is 9.97 Å². The smallest absolute Gasteiger partial charge is 0.226 e. The standard InChI is InChI=1S/C12H19N5O/c1-7-4-9(3)17(6-7)12-14-8(2)5-10(15-12)11(13)16-18/h5,7,9,18H,4,6H2,1-3H3,(H2,13,16). The summed E-state index contributed by atoms with van der Waals surface area (Å²) in [7, 11) is 0. The maximum absolute atomic E-state index is 8.72. The molecule has 1 saturated heterocycles. The zero-order chi connectivity index (χ0) is 13.3. The summed E-state index contributed by atoms with van der Waals surface area (Å²) in [4.78, 5) is 11.0. The highest BCUT2D eigenvalue weighted by Crippen LogP contribution is 2.26. The third-order valence-electron chi connectivity index (χ3n) is 3.25. The molecule has 2 rings (SSSR count). The molecular weight excluding hydrogens is 230 g/mol. The van der Waals surface area contributed by atoms with E-state index in [0.717, 1.165) is 18.7 Å². The van der Waals surface area contributed by atoms with Crippen molar-refractivity contribution in [3.63, 3.8) is 0 Å². The summed E-state index contributed by atoms with van der Waals surface area (Å²) in [6, 6.07) is 2.13. The lowest BCUT2D eigenvalue weighted by Gasteiger charge is -2.22. The van der Waals surface area contributed by atoms with Gasteiger partial charge in [0.05, 0.1) is 0 Å². The molecule has 1 fully saturated rings. The van der Waals surface area contributed by atoms with Crippen LogP contribution in [-0.4, -0.2) is 33.6 Å². The molecule has 2 atom stereocenters. The van der Waals surface area contributed by atoms with Crippen LogP contribution in [0.15, 0.2) is 11.2 Å². The van der Waals surface area contributed by atoms with Gasteiger partial charge in [0.1, 0.15) is 5.69 Å². The molecule has 0 aromatic carbocycles. The molecule has 0 bridgehead atoms. The third kappa shape index (κ3) is 2.37. The second-order valence-electron chi connectivity index (χ2n) is 5.02. The van der Waals surface area contributed by atoms with Crippen molar-refractivity contribution in [3.05, 3.63) is 17.5 Å². The second-order valence-corrected chi connectivity index (χ2v) is 5.02. The van der Waals surface area contributed by atoms with E-state index in [9.17, 15) is 0 Å². The van der Waals surface area contributed by atoms with Crippen LogP contribution < -0.4 is 10.6 Å². The van der Waals surface area contributed by atoms with Gasteiger partial charge in [0, 0.05) is 18.3 Å². The highest BCUT2D eigenvalue weighted by atomic mass is 16.4. The van der Waals surface area contributed by atoms with Crippen LogP contribution in [0.5, 0.6) is 0 Å². The van der Waals surface area contributed by atoms with E-state index < -0.39 is 0 Å². The topological polar surface area (TPSA) is 87.6 Å². The average molecular weight is 249 g/mol. The van der Waals surface area contributed by atoms with E-state index >= 15 is 0 Å². The van der Waals surface area contributed by atoms with Crippen LogP contribution in [0, 0.1) is 12.8 Å². The Bertz CT molecular complexity index is 474. The molecule has 98 valence electrons. The number of hydrogen-bond donors (Lipinski definition) is 2.